The number of ketones is 1. The second kappa shape index (κ2) is 7.67. The molecule has 8 nitrogen and oxygen atoms in total. The second-order valence-corrected chi connectivity index (χ2v) is 9.22. The quantitative estimate of drug-likeness (QED) is 0.783. The Labute approximate surface area is 181 Å². The lowest BCUT2D eigenvalue weighted by Gasteiger charge is -2.33. The van der Waals surface area contributed by atoms with Gasteiger partial charge in [0.2, 0.25) is 5.60 Å². The number of pyridine rings is 1. The summed E-state index contributed by atoms with van der Waals surface area (Å²) in [5.74, 6) is -0.741. The summed E-state index contributed by atoms with van der Waals surface area (Å²) in [6.45, 7) is 5.25. The normalized spacial score (nSPS) is 26.6. The molecule has 0 saturated carbocycles. The molecule has 0 bridgehead atoms. The molecule has 4 heterocycles. The third-order valence-electron chi connectivity index (χ3n) is 7.23. The van der Waals surface area contributed by atoms with Crippen molar-refractivity contribution in [3.8, 4) is 0 Å². The van der Waals surface area contributed by atoms with E-state index in [1.54, 1.807) is 4.68 Å². The van der Waals surface area contributed by atoms with E-state index in [1.165, 1.54) is 5.56 Å². The fraction of sp³-hybridized carbons (Fsp3) is 0.652. The summed E-state index contributed by atoms with van der Waals surface area (Å²) < 4.78 is 7.54. The van der Waals surface area contributed by atoms with Crippen molar-refractivity contribution >= 4 is 22.8 Å². The zero-order chi connectivity index (χ0) is 21.8. The van der Waals surface area contributed by atoms with Gasteiger partial charge in [-0.3, -0.25) is 9.48 Å². The number of carboxylic acids is 1. The van der Waals surface area contributed by atoms with Gasteiger partial charge in [-0.25, -0.2) is 9.78 Å². The molecule has 5 rings (SSSR count). The molecule has 1 aliphatic carbocycles. The zero-order valence-corrected chi connectivity index (χ0v) is 18.3. The van der Waals surface area contributed by atoms with Crippen LogP contribution in [0.25, 0.3) is 11.0 Å². The Morgan fingerprint density at radius 1 is 1.29 bits per heavy atom. The monoisotopic (exact) mass is 426 g/mol. The van der Waals surface area contributed by atoms with Gasteiger partial charge in [-0.05, 0) is 56.3 Å². The standard InChI is InChI=1S/C23H30N4O4/c1-3-10-27-11-8-14(12-27)19-18-16-5-4-6-17(16)20(24-21(18)26(2)25-19)23(22(29)30)9-7-15(28)13-31-23/h14H,3-13H2,1-2H3,(H,29,30). The van der Waals surface area contributed by atoms with Crippen LogP contribution in [-0.2, 0) is 39.8 Å². The van der Waals surface area contributed by atoms with Gasteiger partial charge in [0.15, 0.2) is 11.4 Å². The number of carbonyl (C=O) groups excluding carboxylic acids is 1. The van der Waals surface area contributed by atoms with Crippen LogP contribution in [0.5, 0.6) is 0 Å². The lowest BCUT2D eigenvalue weighted by molar-refractivity contribution is -0.177. The molecule has 2 aromatic rings. The smallest absolute Gasteiger partial charge is 0.342 e. The number of hydrogen-bond donors (Lipinski definition) is 1. The molecule has 8 heteroatoms. The fourth-order valence-electron chi connectivity index (χ4n) is 5.72. The van der Waals surface area contributed by atoms with Crippen LogP contribution in [0.2, 0.25) is 0 Å². The lowest BCUT2D eigenvalue weighted by Crippen LogP contribution is -2.45. The van der Waals surface area contributed by atoms with Crippen molar-refractivity contribution in [3.05, 3.63) is 22.5 Å². The van der Waals surface area contributed by atoms with E-state index in [2.05, 4.69) is 11.8 Å². The minimum atomic E-state index is -1.55. The van der Waals surface area contributed by atoms with Gasteiger partial charge >= 0.3 is 5.97 Å². The van der Waals surface area contributed by atoms with Crippen LogP contribution < -0.4 is 0 Å². The number of carboxylic acid groups (broad SMARTS) is 1. The van der Waals surface area contributed by atoms with E-state index >= 15 is 0 Å². The summed E-state index contributed by atoms with van der Waals surface area (Å²) in [7, 11) is 1.89. The summed E-state index contributed by atoms with van der Waals surface area (Å²) >= 11 is 0. The highest BCUT2D eigenvalue weighted by Crippen LogP contribution is 2.43. The van der Waals surface area contributed by atoms with Crippen LogP contribution >= 0.6 is 0 Å². The van der Waals surface area contributed by atoms with E-state index in [4.69, 9.17) is 14.8 Å². The predicted octanol–water partition coefficient (Wildman–Crippen LogP) is 2.32. The molecule has 2 unspecified atom stereocenters. The highest BCUT2D eigenvalue weighted by molar-refractivity contribution is 5.89. The molecular weight excluding hydrogens is 396 g/mol. The van der Waals surface area contributed by atoms with Crippen molar-refractivity contribution in [2.45, 2.75) is 63.4 Å². The molecule has 0 radical (unpaired) electrons. The summed E-state index contributed by atoms with van der Waals surface area (Å²) in [5, 5.41) is 16.2. The molecule has 166 valence electrons. The maximum atomic E-state index is 12.4. The molecule has 31 heavy (non-hydrogen) atoms. The number of aryl methyl sites for hydroxylation is 2. The maximum Gasteiger partial charge on any atom is 0.342 e. The van der Waals surface area contributed by atoms with E-state index in [-0.39, 0.29) is 25.2 Å². The van der Waals surface area contributed by atoms with Gasteiger partial charge < -0.3 is 14.7 Å². The Morgan fingerprint density at radius 3 is 2.81 bits per heavy atom. The third kappa shape index (κ3) is 3.19. The summed E-state index contributed by atoms with van der Waals surface area (Å²) in [4.78, 5) is 31.6. The van der Waals surface area contributed by atoms with E-state index in [9.17, 15) is 14.7 Å². The van der Waals surface area contributed by atoms with Crippen LogP contribution in [0.4, 0.5) is 0 Å². The largest absolute Gasteiger partial charge is 0.479 e. The Kier molecular flexibility index (Phi) is 5.09. The summed E-state index contributed by atoms with van der Waals surface area (Å²) in [6.07, 6.45) is 5.24. The van der Waals surface area contributed by atoms with Crippen molar-refractivity contribution in [1.29, 1.82) is 0 Å². The maximum absolute atomic E-state index is 12.4. The number of nitrogens with zero attached hydrogens (tertiary/aromatic N) is 4. The number of fused-ring (bicyclic) bond motifs is 3. The van der Waals surface area contributed by atoms with Crippen molar-refractivity contribution in [3.63, 3.8) is 0 Å². The van der Waals surface area contributed by atoms with Crippen LogP contribution in [0.3, 0.4) is 0 Å². The molecule has 0 spiro atoms. The molecule has 1 N–H and O–H groups in total. The van der Waals surface area contributed by atoms with Gasteiger partial charge in [-0.2, -0.15) is 5.10 Å². The van der Waals surface area contributed by atoms with Gasteiger partial charge in [0.05, 0.1) is 11.4 Å². The Hall–Kier alpha value is -2.32. The number of rotatable bonds is 5. The molecule has 2 aromatic heterocycles. The van der Waals surface area contributed by atoms with Gasteiger partial charge in [-0.15, -0.1) is 0 Å². The van der Waals surface area contributed by atoms with Gasteiger partial charge in [0.1, 0.15) is 6.61 Å². The SMILES string of the molecule is CCCN1CCC(c2nn(C)c3nc(C4(C(=O)O)CCC(=O)CO4)c4c(c23)CCC4)C1. The first-order valence-electron chi connectivity index (χ1n) is 11.4. The van der Waals surface area contributed by atoms with Crippen LogP contribution in [0, 0.1) is 0 Å². The van der Waals surface area contributed by atoms with Gasteiger partial charge in [0, 0.05) is 37.7 Å². The fourth-order valence-corrected chi connectivity index (χ4v) is 5.72. The van der Waals surface area contributed by atoms with E-state index < -0.39 is 11.6 Å². The first-order valence-corrected chi connectivity index (χ1v) is 11.4. The number of Topliss-reactive ketones (excluding diaryl/α,β-unsaturated/α-hetero) is 1. The van der Waals surface area contributed by atoms with Gasteiger partial charge in [0.25, 0.3) is 0 Å². The molecule has 2 saturated heterocycles. The second-order valence-electron chi connectivity index (χ2n) is 9.22. The minimum absolute atomic E-state index is 0.0599. The van der Waals surface area contributed by atoms with Crippen LogP contribution in [0.15, 0.2) is 0 Å². The van der Waals surface area contributed by atoms with E-state index in [0.29, 0.717) is 11.6 Å². The Balaban J connectivity index is 1.65. The zero-order valence-electron chi connectivity index (χ0n) is 18.3. The molecule has 2 atom stereocenters. The number of ether oxygens (including phenoxy) is 1. The highest BCUT2D eigenvalue weighted by atomic mass is 16.5. The molecule has 0 amide bonds. The van der Waals surface area contributed by atoms with Crippen molar-refractivity contribution < 1.29 is 19.4 Å². The molecule has 3 aliphatic rings. The Morgan fingerprint density at radius 2 is 2.10 bits per heavy atom. The first-order chi connectivity index (χ1) is 14.9. The first kappa shape index (κ1) is 20.6. The average Bonchev–Trinajstić information content (AvgIpc) is 3.47. The number of likely N-dealkylation sites (tertiary alicyclic amines) is 1. The van der Waals surface area contributed by atoms with Crippen molar-refractivity contribution in [1.82, 2.24) is 19.7 Å². The minimum Gasteiger partial charge on any atom is -0.479 e. The number of aromatic nitrogens is 3. The van der Waals surface area contributed by atoms with Crippen LogP contribution in [-0.4, -0.2) is 62.8 Å². The van der Waals surface area contributed by atoms with E-state index in [0.717, 1.165) is 74.0 Å². The summed E-state index contributed by atoms with van der Waals surface area (Å²) in [5.41, 5.74) is 2.98. The van der Waals surface area contributed by atoms with Crippen molar-refractivity contribution in [2.75, 3.05) is 26.2 Å². The predicted molar refractivity (Wildman–Crippen MR) is 114 cm³/mol. The van der Waals surface area contributed by atoms with Crippen LogP contribution in [0.1, 0.15) is 67.5 Å². The summed E-state index contributed by atoms with van der Waals surface area (Å²) in [6, 6.07) is 0. The number of carbonyl (C=O) groups is 2. The molecular formula is C23H30N4O4. The van der Waals surface area contributed by atoms with Crippen molar-refractivity contribution in [2.24, 2.45) is 7.05 Å². The number of hydrogen-bond acceptors (Lipinski definition) is 6. The third-order valence-corrected chi connectivity index (χ3v) is 7.23. The number of aliphatic carboxylic acids is 1. The molecule has 2 aliphatic heterocycles. The van der Waals surface area contributed by atoms with E-state index in [1.807, 2.05) is 7.05 Å². The van der Waals surface area contributed by atoms with Gasteiger partial charge in [-0.1, -0.05) is 6.92 Å². The highest BCUT2D eigenvalue weighted by Gasteiger charge is 2.49. The Bertz CT molecular complexity index is 1050. The average molecular weight is 427 g/mol. The molecule has 0 aromatic carbocycles. The topological polar surface area (TPSA) is 97.5 Å². The lowest BCUT2D eigenvalue weighted by atomic mass is 9.85. The molecule has 2 fully saturated rings.